The van der Waals surface area contributed by atoms with Gasteiger partial charge in [0.05, 0.1) is 18.9 Å². The molecule has 3 nitrogen and oxygen atoms in total. The summed E-state index contributed by atoms with van der Waals surface area (Å²) in [5.74, 6) is -0.260. The van der Waals surface area contributed by atoms with Crippen LogP contribution in [0.15, 0.2) is 30.0 Å². The number of nitrogens with one attached hydrogen (secondary N) is 1. The Labute approximate surface area is 94.3 Å². The number of ether oxygens (including phenoxy) is 1. The summed E-state index contributed by atoms with van der Waals surface area (Å²) >= 11 is 0. The summed E-state index contributed by atoms with van der Waals surface area (Å²) in [6.45, 7) is 2.66. The van der Waals surface area contributed by atoms with Crippen LogP contribution in [0.25, 0.3) is 0 Å². The van der Waals surface area contributed by atoms with Crippen LogP contribution in [0.4, 0.5) is 4.39 Å². The van der Waals surface area contributed by atoms with Crippen molar-refractivity contribution >= 4 is 0 Å². The van der Waals surface area contributed by atoms with E-state index in [9.17, 15) is 4.39 Å². The number of hydrogen-bond acceptors (Lipinski definition) is 3. The van der Waals surface area contributed by atoms with Gasteiger partial charge >= 0.3 is 0 Å². The Morgan fingerprint density at radius 1 is 1.44 bits per heavy atom. The third-order valence-corrected chi connectivity index (χ3v) is 2.46. The molecule has 4 heteroatoms. The Hall–Kier alpha value is -1.26. The van der Waals surface area contributed by atoms with E-state index in [2.05, 4.69) is 16.4 Å². The number of pyridine rings is 1. The Kier molecular flexibility index (Phi) is 4.02. The van der Waals surface area contributed by atoms with Gasteiger partial charge in [-0.15, -0.1) is 0 Å². The second-order valence-corrected chi connectivity index (χ2v) is 3.74. The van der Waals surface area contributed by atoms with Gasteiger partial charge in [0.1, 0.15) is 5.82 Å². The molecular weight excluding hydrogens is 207 g/mol. The first kappa shape index (κ1) is 11.2. The molecule has 1 N–H and O–H groups in total. The van der Waals surface area contributed by atoms with E-state index in [1.807, 2.05) is 0 Å². The van der Waals surface area contributed by atoms with Gasteiger partial charge in [-0.2, -0.15) is 0 Å². The van der Waals surface area contributed by atoms with Crippen LogP contribution in [0, 0.1) is 5.82 Å². The zero-order valence-corrected chi connectivity index (χ0v) is 9.08. The molecule has 0 saturated carbocycles. The van der Waals surface area contributed by atoms with E-state index in [0.29, 0.717) is 18.8 Å². The lowest BCUT2D eigenvalue weighted by Crippen LogP contribution is -2.22. The van der Waals surface area contributed by atoms with Crippen molar-refractivity contribution in [3.8, 4) is 0 Å². The van der Waals surface area contributed by atoms with Crippen molar-refractivity contribution in [3.63, 3.8) is 0 Å². The first-order valence-electron chi connectivity index (χ1n) is 5.42. The van der Waals surface area contributed by atoms with Crippen molar-refractivity contribution in [1.82, 2.24) is 10.3 Å². The summed E-state index contributed by atoms with van der Waals surface area (Å²) in [4.78, 5) is 3.97. The highest BCUT2D eigenvalue weighted by Crippen LogP contribution is 2.05. The molecule has 0 atom stereocenters. The fraction of sp³-hybridized carbons (Fsp3) is 0.417. The van der Waals surface area contributed by atoms with Crippen LogP contribution >= 0.6 is 0 Å². The van der Waals surface area contributed by atoms with Crippen LogP contribution in [0.5, 0.6) is 0 Å². The van der Waals surface area contributed by atoms with E-state index in [4.69, 9.17) is 4.74 Å². The van der Waals surface area contributed by atoms with E-state index in [0.717, 1.165) is 19.6 Å². The van der Waals surface area contributed by atoms with E-state index >= 15 is 0 Å². The molecule has 2 rings (SSSR count). The Bertz CT molecular complexity index is 379. The molecule has 1 aromatic rings. The first-order valence-corrected chi connectivity index (χ1v) is 5.42. The topological polar surface area (TPSA) is 34.2 Å². The number of aromatic nitrogens is 1. The summed E-state index contributed by atoms with van der Waals surface area (Å²) in [5.41, 5.74) is 1.68. The molecule has 1 aliphatic heterocycles. The van der Waals surface area contributed by atoms with Gasteiger partial charge in [-0.3, -0.25) is 4.98 Å². The maximum atomic E-state index is 13.2. The van der Waals surface area contributed by atoms with E-state index in [1.54, 1.807) is 12.3 Å². The van der Waals surface area contributed by atoms with Gasteiger partial charge in [-0.25, -0.2) is 4.39 Å². The highest BCUT2D eigenvalue weighted by molar-refractivity contribution is 5.09. The zero-order chi connectivity index (χ0) is 11.2. The standard InChI is InChI=1S/C12H15FN2O/c13-11-4-1-5-15-12(11)8-14-7-10-3-2-6-16-9-10/h1,3-5,14H,2,6-9H2. The molecule has 0 bridgehead atoms. The molecular formula is C12H15FN2O. The Morgan fingerprint density at radius 2 is 2.38 bits per heavy atom. The minimum Gasteiger partial charge on any atom is -0.377 e. The molecule has 16 heavy (non-hydrogen) atoms. The van der Waals surface area contributed by atoms with Crippen LogP contribution in [0.3, 0.4) is 0 Å². The zero-order valence-electron chi connectivity index (χ0n) is 9.08. The second-order valence-electron chi connectivity index (χ2n) is 3.74. The molecule has 0 fully saturated rings. The van der Waals surface area contributed by atoms with Crippen molar-refractivity contribution < 1.29 is 9.13 Å². The average molecular weight is 222 g/mol. The molecule has 0 radical (unpaired) electrons. The Morgan fingerprint density at radius 3 is 3.12 bits per heavy atom. The third-order valence-electron chi connectivity index (χ3n) is 2.46. The van der Waals surface area contributed by atoms with Crippen molar-refractivity contribution in [3.05, 3.63) is 41.5 Å². The molecule has 1 aliphatic rings. The fourth-order valence-corrected chi connectivity index (χ4v) is 1.62. The number of hydrogen-bond donors (Lipinski definition) is 1. The van der Waals surface area contributed by atoms with Crippen LogP contribution in [-0.4, -0.2) is 24.7 Å². The molecule has 2 heterocycles. The SMILES string of the molecule is Fc1cccnc1CNCC1=CCCOC1. The lowest BCUT2D eigenvalue weighted by atomic mass is 10.2. The second kappa shape index (κ2) is 5.72. The van der Waals surface area contributed by atoms with Gasteiger partial charge in [-0.1, -0.05) is 6.08 Å². The van der Waals surface area contributed by atoms with Gasteiger partial charge < -0.3 is 10.1 Å². The maximum absolute atomic E-state index is 13.2. The highest BCUT2D eigenvalue weighted by Gasteiger charge is 2.05. The number of halogens is 1. The van der Waals surface area contributed by atoms with Gasteiger partial charge in [0.25, 0.3) is 0 Å². The normalized spacial score (nSPS) is 15.9. The minimum absolute atomic E-state index is 0.260. The minimum atomic E-state index is -0.260. The number of rotatable bonds is 4. The molecule has 0 aromatic carbocycles. The van der Waals surface area contributed by atoms with E-state index < -0.39 is 0 Å². The smallest absolute Gasteiger partial charge is 0.146 e. The quantitative estimate of drug-likeness (QED) is 0.787. The summed E-state index contributed by atoms with van der Waals surface area (Å²) in [7, 11) is 0. The molecule has 0 saturated heterocycles. The lowest BCUT2D eigenvalue weighted by Gasteiger charge is -2.14. The average Bonchev–Trinajstić information content (AvgIpc) is 2.33. The summed E-state index contributed by atoms with van der Waals surface area (Å²) in [6.07, 6.45) is 4.74. The fourth-order valence-electron chi connectivity index (χ4n) is 1.62. The van der Waals surface area contributed by atoms with Crippen LogP contribution in [0.2, 0.25) is 0 Å². The largest absolute Gasteiger partial charge is 0.377 e. The third kappa shape index (κ3) is 3.12. The molecule has 0 spiro atoms. The van der Waals surface area contributed by atoms with Crippen molar-refractivity contribution in [2.75, 3.05) is 19.8 Å². The van der Waals surface area contributed by atoms with E-state index in [1.165, 1.54) is 11.6 Å². The summed E-state index contributed by atoms with van der Waals surface area (Å²) in [6, 6.07) is 3.02. The summed E-state index contributed by atoms with van der Waals surface area (Å²) < 4.78 is 18.5. The van der Waals surface area contributed by atoms with Gasteiger partial charge in [0.15, 0.2) is 0 Å². The van der Waals surface area contributed by atoms with Crippen LogP contribution < -0.4 is 5.32 Å². The molecule has 86 valence electrons. The monoisotopic (exact) mass is 222 g/mol. The van der Waals surface area contributed by atoms with Crippen molar-refractivity contribution in [1.29, 1.82) is 0 Å². The van der Waals surface area contributed by atoms with Gasteiger partial charge in [0, 0.05) is 19.3 Å². The van der Waals surface area contributed by atoms with Crippen molar-refractivity contribution in [2.24, 2.45) is 0 Å². The van der Waals surface area contributed by atoms with Crippen LogP contribution in [0.1, 0.15) is 12.1 Å². The summed E-state index contributed by atoms with van der Waals surface area (Å²) in [5, 5.41) is 3.16. The van der Waals surface area contributed by atoms with Gasteiger partial charge in [0.2, 0.25) is 0 Å². The molecule has 0 unspecified atom stereocenters. The predicted octanol–water partition coefficient (Wildman–Crippen LogP) is 1.66. The van der Waals surface area contributed by atoms with Gasteiger partial charge in [-0.05, 0) is 24.1 Å². The predicted molar refractivity (Wildman–Crippen MR) is 59.4 cm³/mol. The lowest BCUT2D eigenvalue weighted by molar-refractivity contribution is 0.148. The molecule has 1 aromatic heterocycles. The van der Waals surface area contributed by atoms with E-state index in [-0.39, 0.29) is 5.82 Å². The molecule has 0 aliphatic carbocycles. The Balaban J connectivity index is 1.80. The molecule has 0 amide bonds. The van der Waals surface area contributed by atoms with Crippen molar-refractivity contribution in [2.45, 2.75) is 13.0 Å². The maximum Gasteiger partial charge on any atom is 0.146 e. The number of nitrogens with zero attached hydrogens (tertiary/aromatic N) is 1. The van der Waals surface area contributed by atoms with Crippen LogP contribution in [-0.2, 0) is 11.3 Å². The first-order chi connectivity index (χ1) is 7.86. The highest BCUT2D eigenvalue weighted by atomic mass is 19.1.